The summed E-state index contributed by atoms with van der Waals surface area (Å²) in [7, 11) is 0. The van der Waals surface area contributed by atoms with Crippen molar-refractivity contribution in [2.45, 2.75) is 79.1 Å². The molecular formula is C60H55BN2. The predicted molar refractivity (Wildman–Crippen MR) is 275 cm³/mol. The Labute approximate surface area is 373 Å². The molecule has 0 saturated carbocycles. The minimum absolute atomic E-state index is 0.0770. The molecule has 0 N–H and O–H groups in total. The Bertz CT molecular complexity index is 3220. The van der Waals surface area contributed by atoms with Gasteiger partial charge in [0.15, 0.2) is 0 Å². The summed E-state index contributed by atoms with van der Waals surface area (Å²) in [6, 6.07) is 63.0. The van der Waals surface area contributed by atoms with E-state index >= 15 is 0 Å². The van der Waals surface area contributed by atoms with Crippen molar-refractivity contribution in [2.75, 3.05) is 9.80 Å². The van der Waals surface area contributed by atoms with Gasteiger partial charge in [-0.2, -0.15) is 0 Å². The third kappa shape index (κ3) is 6.15. The molecule has 2 heterocycles. The zero-order valence-corrected chi connectivity index (χ0v) is 37.9. The molecule has 0 radical (unpaired) electrons. The molecule has 2 nitrogen and oxygen atoms in total. The molecular weight excluding hydrogens is 759 g/mol. The fraction of sp³-hybridized carbons (Fsp3) is 0.200. The highest BCUT2D eigenvalue weighted by Crippen LogP contribution is 2.48. The molecule has 63 heavy (non-hydrogen) atoms. The summed E-state index contributed by atoms with van der Waals surface area (Å²) in [5, 5.41) is 7.82. The Morgan fingerprint density at radius 1 is 0.349 bits per heavy atom. The molecule has 0 amide bonds. The Morgan fingerprint density at radius 2 is 0.810 bits per heavy atom. The molecule has 308 valence electrons. The molecule has 0 atom stereocenters. The molecule has 9 aromatic carbocycles. The van der Waals surface area contributed by atoms with E-state index in [-0.39, 0.29) is 6.71 Å². The number of fused-ring (bicyclic) bond motifs is 10. The lowest BCUT2D eigenvalue weighted by atomic mass is 9.33. The second-order valence-electron chi connectivity index (χ2n) is 19.3. The molecule has 0 spiro atoms. The molecule has 9 aromatic rings. The number of benzene rings is 9. The molecule has 3 heteroatoms. The van der Waals surface area contributed by atoms with Gasteiger partial charge in [0.1, 0.15) is 0 Å². The molecule has 0 bridgehead atoms. The van der Waals surface area contributed by atoms with Gasteiger partial charge < -0.3 is 9.80 Å². The van der Waals surface area contributed by atoms with Crippen LogP contribution in [0.15, 0.2) is 164 Å². The van der Waals surface area contributed by atoms with E-state index in [9.17, 15) is 0 Å². The van der Waals surface area contributed by atoms with E-state index in [1.807, 2.05) is 0 Å². The van der Waals surface area contributed by atoms with Crippen molar-refractivity contribution in [3.8, 4) is 11.1 Å². The van der Waals surface area contributed by atoms with Crippen molar-refractivity contribution in [3.63, 3.8) is 0 Å². The number of rotatable bonds is 7. The minimum atomic E-state index is 0.0770. The summed E-state index contributed by atoms with van der Waals surface area (Å²) in [4.78, 5) is 5.12. The number of hydrogen-bond acceptors (Lipinski definition) is 2. The average Bonchev–Trinajstić information content (AvgIpc) is 3.30. The van der Waals surface area contributed by atoms with Gasteiger partial charge in [-0.15, -0.1) is 0 Å². The number of nitrogens with zero attached hydrogens (tertiary/aromatic N) is 2. The summed E-state index contributed by atoms with van der Waals surface area (Å²) in [6.45, 7) is 18.6. The van der Waals surface area contributed by atoms with Crippen molar-refractivity contribution in [1.29, 1.82) is 0 Å². The maximum atomic E-state index is 2.58. The second-order valence-corrected chi connectivity index (χ2v) is 19.3. The van der Waals surface area contributed by atoms with Gasteiger partial charge in [0.25, 0.3) is 6.71 Å². The molecule has 0 fully saturated rings. The van der Waals surface area contributed by atoms with Crippen LogP contribution in [0.1, 0.15) is 101 Å². The van der Waals surface area contributed by atoms with Crippen LogP contribution in [0.25, 0.3) is 43.4 Å². The lowest BCUT2D eigenvalue weighted by Gasteiger charge is -2.44. The highest BCUT2D eigenvalue weighted by Gasteiger charge is 2.43. The largest absolute Gasteiger partial charge is 0.311 e. The van der Waals surface area contributed by atoms with Gasteiger partial charge in [-0.1, -0.05) is 171 Å². The standard InChI is InChI=1S/C60H55BN2/c1-36(2)40-23-27-43(28-24-40)62-55-31-25-41(37(3)4)33-53(55)61-54-34-42(38(5)6)26-32-56(54)63(58-22-14-21-57(62)60(58)61)44-29-30-45(39(7)8)52(35-44)51-20-13-19-50-48-16-10-9-15-46(48)47-17-11-12-18-49(47)59(50)51/h9-39H,1-8H3. The van der Waals surface area contributed by atoms with Gasteiger partial charge in [-0.05, 0) is 154 Å². The van der Waals surface area contributed by atoms with E-state index in [4.69, 9.17) is 0 Å². The average molecular weight is 815 g/mol. The highest BCUT2D eigenvalue weighted by molar-refractivity contribution is 7.00. The third-order valence-corrected chi connectivity index (χ3v) is 14.2. The second kappa shape index (κ2) is 15.1. The zero-order chi connectivity index (χ0) is 43.3. The van der Waals surface area contributed by atoms with Crippen molar-refractivity contribution >= 4 is 89.5 Å². The fourth-order valence-corrected chi connectivity index (χ4v) is 10.9. The van der Waals surface area contributed by atoms with Crippen LogP contribution in [-0.2, 0) is 0 Å². The molecule has 0 saturated heterocycles. The van der Waals surface area contributed by atoms with Gasteiger partial charge in [-0.25, -0.2) is 0 Å². The van der Waals surface area contributed by atoms with Crippen LogP contribution in [-0.4, -0.2) is 6.71 Å². The van der Waals surface area contributed by atoms with E-state index in [0.29, 0.717) is 23.7 Å². The maximum absolute atomic E-state index is 2.58. The summed E-state index contributed by atoms with van der Waals surface area (Å²) >= 11 is 0. The molecule has 0 unspecified atom stereocenters. The Hall–Kier alpha value is -6.58. The molecule has 2 aliphatic rings. The maximum Gasteiger partial charge on any atom is 0.252 e. The number of anilines is 6. The lowest BCUT2D eigenvalue weighted by Crippen LogP contribution is -2.61. The van der Waals surface area contributed by atoms with Crippen molar-refractivity contribution < 1.29 is 0 Å². The zero-order valence-electron chi connectivity index (χ0n) is 37.9. The molecule has 11 rings (SSSR count). The molecule has 0 aromatic heterocycles. The topological polar surface area (TPSA) is 6.48 Å². The van der Waals surface area contributed by atoms with E-state index in [2.05, 4.69) is 229 Å². The highest BCUT2D eigenvalue weighted by atomic mass is 15.2. The van der Waals surface area contributed by atoms with Gasteiger partial charge in [0.05, 0.1) is 0 Å². The Kier molecular flexibility index (Phi) is 9.39. The molecule has 2 aliphatic heterocycles. The Balaban J connectivity index is 1.19. The van der Waals surface area contributed by atoms with Gasteiger partial charge in [-0.3, -0.25) is 0 Å². The van der Waals surface area contributed by atoms with Crippen molar-refractivity contribution in [3.05, 3.63) is 186 Å². The van der Waals surface area contributed by atoms with Crippen LogP contribution < -0.4 is 26.2 Å². The summed E-state index contributed by atoms with van der Waals surface area (Å²) in [5.41, 5.74) is 19.5. The van der Waals surface area contributed by atoms with Crippen molar-refractivity contribution in [1.82, 2.24) is 0 Å². The van der Waals surface area contributed by atoms with Crippen LogP contribution in [0.2, 0.25) is 0 Å². The smallest absolute Gasteiger partial charge is 0.252 e. The van der Waals surface area contributed by atoms with E-state index in [1.54, 1.807) is 0 Å². The quantitative estimate of drug-likeness (QED) is 0.117. The van der Waals surface area contributed by atoms with E-state index < -0.39 is 0 Å². The first-order chi connectivity index (χ1) is 30.6. The van der Waals surface area contributed by atoms with Crippen molar-refractivity contribution in [2.24, 2.45) is 0 Å². The SMILES string of the molecule is CC(C)c1ccc(N2c3ccc(C(C)C)cc3B3c4cc(C(C)C)ccc4N(c4ccc(C(C)C)c(-c5cccc6c7ccccc7c7ccccc7c56)c4)c4cccc2c43)cc1. The van der Waals surface area contributed by atoms with Crippen LogP contribution in [0.5, 0.6) is 0 Å². The van der Waals surface area contributed by atoms with Crippen LogP contribution in [0, 0.1) is 0 Å². The van der Waals surface area contributed by atoms with Gasteiger partial charge in [0.2, 0.25) is 0 Å². The monoisotopic (exact) mass is 814 g/mol. The summed E-state index contributed by atoms with van der Waals surface area (Å²) < 4.78 is 0. The predicted octanol–water partition coefficient (Wildman–Crippen LogP) is 15.4. The van der Waals surface area contributed by atoms with Gasteiger partial charge >= 0.3 is 0 Å². The summed E-state index contributed by atoms with van der Waals surface area (Å²) in [6.07, 6.45) is 0. The van der Waals surface area contributed by atoms with E-state index in [0.717, 1.165) is 0 Å². The van der Waals surface area contributed by atoms with Crippen LogP contribution >= 0.6 is 0 Å². The van der Waals surface area contributed by atoms with E-state index in [1.165, 1.54) is 116 Å². The Morgan fingerprint density at radius 3 is 1.35 bits per heavy atom. The lowest BCUT2D eigenvalue weighted by molar-refractivity contribution is 0.866. The minimum Gasteiger partial charge on any atom is -0.311 e. The number of hydrogen-bond donors (Lipinski definition) is 0. The van der Waals surface area contributed by atoms with Crippen LogP contribution in [0.3, 0.4) is 0 Å². The van der Waals surface area contributed by atoms with Gasteiger partial charge in [0, 0.05) is 34.1 Å². The van der Waals surface area contributed by atoms with Crippen LogP contribution in [0.4, 0.5) is 34.1 Å². The first-order valence-electron chi connectivity index (χ1n) is 23.2. The normalized spacial score (nSPS) is 13.2. The molecule has 0 aliphatic carbocycles. The first-order valence-corrected chi connectivity index (χ1v) is 23.2. The summed E-state index contributed by atoms with van der Waals surface area (Å²) in [5.74, 6) is 1.61. The third-order valence-electron chi connectivity index (χ3n) is 14.2. The fourth-order valence-electron chi connectivity index (χ4n) is 10.9. The first kappa shape index (κ1) is 39.3.